The molecule has 0 spiro atoms. The van der Waals surface area contributed by atoms with E-state index in [9.17, 15) is 9.59 Å². The van der Waals surface area contributed by atoms with Gasteiger partial charge in [0.2, 0.25) is 0 Å². The molecule has 0 bridgehead atoms. The van der Waals surface area contributed by atoms with Crippen molar-refractivity contribution < 1.29 is 9.53 Å². The maximum absolute atomic E-state index is 12.2. The number of Topliss-reactive ketones (excluding diaryl/α,β-unsaturated/α-hetero) is 1. The van der Waals surface area contributed by atoms with Crippen LogP contribution in [0.4, 0.5) is 0 Å². The molecule has 5 nitrogen and oxygen atoms in total. The minimum absolute atomic E-state index is 0.0661. The van der Waals surface area contributed by atoms with E-state index in [2.05, 4.69) is 4.98 Å². The molecule has 0 unspecified atom stereocenters. The van der Waals surface area contributed by atoms with E-state index < -0.39 is 5.56 Å². The molecule has 2 aromatic rings. The molecule has 1 heterocycles. The van der Waals surface area contributed by atoms with Gasteiger partial charge in [0.15, 0.2) is 10.6 Å². The summed E-state index contributed by atoms with van der Waals surface area (Å²) in [6.07, 6.45) is 1.34. The lowest BCUT2D eigenvalue weighted by Gasteiger charge is -2.08. The highest BCUT2D eigenvalue weighted by molar-refractivity contribution is 7.71. The average molecular weight is 276 g/mol. The van der Waals surface area contributed by atoms with Crippen molar-refractivity contribution in [2.45, 2.75) is 6.92 Å². The second kappa shape index (κ2) is 5.19. The van der Waals surface area contributed by atoms with E-state index in [-0.39, 0.29) is 16.1 Å². The van der Waals surface area contributed by atoms with Crippen molar-refractivity contribution in [3.63, 3.8) is 0 Å². The molecule has 1 aromatic carbocycles. The van der Waals surface area contributed by atoms with Gasteiger partial charge in [-0.3, -0.25) is 14.2 Å². The Morgan fingerprint density at radius 3 is 2.79 bits per heavy atom. The summed E-state index contributed by atoms with van der Waals surface area (Å²) >= 11 is 5.10. The van der Waals surface area contributed by atoms with E-state index in [0.717, 1.165) is 0 Å². The Balaban J connectivity index is 2.74. The quantitative estimate of drug-likeness (QED) is 0.689. The molecule has 0 saturated carbocycles. The van der Waals surface area contributed by atoms with Gasteiger partial charge in [0.05, 0.1) is 18.4 Å². The summed E-state index contributed by atoms with van der Waals surface area (Å²) in [4.78, 5) is 26.4. The number of hydrogen-bond donors (Lipinski definition) is 1. The second-order valence-corrected chi connectivity index (χ2v) is 4.29. The Kier molecular flexibility index (Phi) is 3.62. The molecular weight excluding hydrogens is 264 g/mol. The molecule has 0 aliphatic rings. The molecule has 0 amide bonds. The van der Waals surface area contributed by atoms with Gasteiger partial charge in [0.1, 0.15) is 5.75 Å². The Morgan fingerprint density at radius 1 is 1.42 bits per heavy atom. The maximum Gasteiger partial charge on any atom is 0.269 e. The number of methoxy groups -OCH3 is 1. The zero-order valence-electron chi connectivity index (χ0n) is 10.5. The predicted octanol–water partition coefficient (Wildman–Crippen LogP) is 2.11. The predicted molar refractivity (Wildman–Crippen MR) is 73.8 cm³/mol. The van der Waals surface area contributed by atoms with E-state index in [0.29, 0.717) is 11.4 Å². The Bertz CT molecular complexity index is 746. The normalized spacial score (nSPS) is 10.2. The van der Waals surface area contributed by atoms with E-state index in [1.165, 1.54) is 24.8 Å². The zero-order chi connectivity index (χ0) is 14.0. The number of carbonyl (C=O) groups excluding carboxylic acids is 1. The smallest absolute Gasteiger partial charge is 0.269 e. The van der Waals surface area contributed by atoms with Crippen molar-refractivity contribution in [3.05, 3.63) is 51.2 Å². The van der Waals surface area contributed by atoms with Crippen LogP contribution in [0.15, 0.2) is 35.3 Å². The number of nitrogens with zero attached hydrogens (tertiary/aromatic N) is 1. The maximum atomic E-state index is 12.2. The summed E-state index contributed by atoms with van der Waals surface area (Å²) in [6, 6.07) is 6.90. The number of ketones is 1. The number of nitrogens with one attached hydrogen (secondary N) is 1. The third-order valence-corrected chi connectivity index (χ3v) is 2.97. The zero-order valence-corrected chi connectivity index (χ0v) is 11.3. The molecule has 19 heavy (non-hydrogen) atoms. The SMILES string of the molecule is COc1cccc(-n2c(=S)[nH]cc(C(C)=O)c2=O)c1. The van der Waals surface area contributed by atoms with Crippen LogP contribution in [0.2, 0.25) is 0 Å². The molecule has 0 aliphatic carbocycles. The molecule has 0 fully saturated rings. The average Bonchev–Trinajstić information content (AvgIpc) is 2.38. The summed E-state index contributed by atoms with van der Waals surface area (Å²) in [5.41, 5.74) is 0.176. The minimum Gasteiger partial charge on any atom is -0.497 e. The van der Waals surface area contributed by atoms with Crippen LogP contribution in [-0.2, 0) is 0 Å². The van der Waals surface area contributed by atoms with Crippen molar-refractivity contribution in [2.24, 2.45) is 0 Å². The first-order chi connectivity index (χ1) is 9.04. The van der Waals surface area contributed by atoms with Gasteiger partial charge in [-0.15, -0.1) is 0 Å². The number of aromatic amines is 1. The van der Waals surface area contributed by atoms with Gasteiger partial charge < -0.3 is 9.72 Å². The van der Waals surface area contributed by atoms with Crippen LogP contribution < -0.4 is 10.3 Å². The number of aromatic nitrogens is 2. The summed E-state index contributed by atoms with van der Waals surface area (Å²) in [7, 11) is 1.54. The van der Waals surface area contributed by atoms with Gasteiger partial charge in [0.25, 0.3) is 5.56 Å². The topological polar surface area (TPSA) is 64.1 Å². The number of H-pyrrole nitrogens is 1. The lowest BCUT2D eigenvalue weighted by molar-refractivity contribution is 0.101. The summed E-state index contributed by atoms with van der Waals surface area (Å²) in [5.74, 6) is 0.292. The third-order valence-electron chi connectivity index (χ3n) is 2.67. The number of hydrogen-bond acceptors (Lipinski definition) is 4. The van der Waals surface area contributed by atoms with Crippen LogP contribution in [0.3, 0.4) is 0 Å². The first-order valence-corrected chi connectivity index (χ1v) is 5.95. The van der Waals surface area contributed by atoms with Crippen molar-refractivity contribution in [1.82, 2.24) is 9.55 Å². The summed E-state index contributed by atoms with van der Waals surface area (Å²) in [6.45, 7) is 1.34. The summed E-state index contributed by atoms with van der Waals surface area (Å²) < 4.78 is 6.60. The van der Waals surface area contributed by atoms with Crippen molar-refractivity contribution in [1.29, 1.82) is 0 Å². The Labute approximate surface area is 114 Å². The second-order valence-electron chi connectivity index (χ2n) is 3.91. The van der Waals surface area contributed by atoms with Crippen molar-refractivity contribution in [2.75, 3.05) is 7.11 Å². The van der Waals surface area contributed by atoms with Crippen LogP contribution in [0.1, 0.15) is 17.3 Å². The molecule has 1 aromatic heterocycles. The monoisotopic (exact) mass is 276 g/mol. The molecule has 1 N–H and O–H groups in total. The van der Waals surface area contributed by atoms with Gasteiger partial charge in [-0.2, -0.15) is 0 Å². The molecule has 98 valence electrons. The molecule has 0 radical (unpaired) electrons. The number of rotatable bonds is 3. The van der Waals surface area contributed by atoms with E-state index >= 15 is 0 Å². The number of ether oxygens (including phenoxy) is 1. The highest BCUT2D eigenvalue weighted by atomic mass is 32.1. The lowest BCUT2D eigenvalue weighted by Crippen LogP contribution is -2.25. The standard InChI is InChI=1S/C13H12N2O3S/c1-8(16)11-7-14-13(19)15(12(11)17)9-4-3-5-10(6-9)18-2/h3-7H,1-2H3,(H,14,19). The molecule has 0 saturated heterocycles. The third kappa shape index (κ3) is 2.48. The van der Waals surface area contributed by atoms with Gasteiger partial charge in [0, 0.05) is 12.3 Å². The first-order valence-electron chi connectivity index (χ1n) is 5.54. The van der Waals surface area contributed by atoms with Crippen LogP contribution >= 0.6 is 12.2 Å². The highest BCUT2D eigenvalue weighted by Gasteiger charge is 2.11. The van der Waals surface area contributed by atoms with Gasteiger partial charge in [-0.05, 0) is 31.3 Å². The van der Waals surface area contributed by atoms with E-state index in [1.54, 1.807) is 24.3 Å². The first kappa shape index (κ1) is 13.2. The van der Waals surface area contributed by atoms with Gasteiger partial charge in [-0.25, -0.2) is 0 Å². The van der Waals surface area contributed by atoms with Gasteiger partial charge >= 0.3 is 0 Å². The fraction of sp³-hybridized carbons (Fsp3) is 0.154. The highest BCUT2D eigenvalue weighted by Crippen LogP contribution is 2.15. The van der Waals surface area contributed by atoms with Crippen molar-refractivity contribution >= 4 is 18.0 Å². The largest absolute Gasteiger partial charge is 0.497 e. The van der Waals surface area contributed by atoms with E-state index in [1.807, 2.05) is 0 Å². The fourth-order valence-corrected chi connectivity index (χ4v) is 1.96. The van der Waals surface area contributed by atoms with Crippen LogP contribution in [0, 0.1) is 4.77 Å². The van der Waals surface area contributed by atoms with E-state index in [4.69, 9.17) is 17.0 Å². The number of benzene rings is 1. The van der Waals surface area contributed by atoms with Crippen LogP contribution in [-0.4, -0.2) is 22.4 Å². The van der Waals surface area contributed by atoms with Crippen molar-refractivity contribution in [3.8, 4) is 11.4 Å². The fourth-order valence-electron chi connectivity index (χ4n) is 1.71. The Hall–Kier alpha value is -2.21. The lowest BCUT2D eigenvalue weighted by atomic mass is 10.2. The van der Waals surface area contributed by atoms with Crippen LogP contribution in [0.5, 0.6) is 5.75 Å². The van der Waals surface area contributed by atoms with Crippen LogP contribution in [0.25, 0.3) is 5.69 Å². The number of carbonyl (C=O) groups is 1. The Morgan fingerprint density at radius 2 is 2.16 bits per heavy atom. The molecular formula is C13H12N2O3S. The molecule has 2 rings (SSSR count). The molecule has 0 atom stereocenters. The van der Waals surface area contributed by atoms with Gasteiger partial charge in [-0.1, -0.05) is 6.07 Å². The minimum atomic E-state index is -0.440. The molecule has 6 heteroatoms. The summed E-state index contributed by atoms with van der Waals surface area (Å²) in [5, 5.41) is 0. The molecule has 0 aliphatic heterocycles.